The highest BCUT2D eigenvalue weighted by Gasteiger charge is 2.59. The lowest BCUT2D eigenvalue weighted by Crippen LogP contribution is -1.96. The van der Waals surface area contributed by atoms with E-state index in [1.165, 1.54) is 5.57 Å². The molecule has 1 aliphatic rings. The zero-order valence-corrected chi connectivity index (χ0v) is 8.77. The van der Waals surface area contributed by atoms with Crippen molar-refractivity contribution >= 4 is 16.8 Å². The topological polar surface area (TPSA) is 17.1 Å². The lowest BCUT2D eigenvalue weighted by atomic mass is 10.1. The molecule has 0 aromatic rings. The Hall–Kier alpha value is -0.300. The standard InChI is InChI=1S/C10H15ClO/c1-6(2)5-7-8(9(11)12)10(7,3)4/h5,7-8H,1-4H3/t7-,8-/m0/s1. The van der Waals surface area contributed by atoms with Crippen LogP contribution in [0.1, 0.15) is 27.7 Å². The van der Waals surface area contributed by atoms with E-state index in [1.54, 1.807) is 0 Å². The predicted molar refractivity (Wildman–Crippen MR) is 51.1 cm³/mol. The zero-order chi connectivity index (χ0) is 9.52. The van der Waals surface area contributed by atoms with E-state index in [9.17, 15) is 4.79 Å². The third-order valence-electron chi connectivity index (χ3n) is 2.67. The molecule has 1 fully saturated rings. The van der Waals surface area contributed by atoms with Crippen molar-refractivity contribution in [2.75, 3.05) is 0 Å². The third kappa shape index (κ3) is 1.56. The van der Waals surface area contributed by atoms with Crippen LogP contribution in [0.3, 0.4) is 0 Å². The minimum absolute atomic E-state index is 0.0362. The highest BCUT2D eigenvalue weighted by atomic mass is 35.5. The molecule has 0 saturated heterocycles. The first-order valence-corrected chi connectivity index (χ1v) is 4.59. The summed E-state index contributed by atoms with van der Waals surface area (Å²) >= 11 is 5.47. The maximum absolute atomic E-state index is 10.9. The Bertz CT molecular complexity index is 236. The van der Waals surface area contributed by atoms with E-state index in [0.29, 0.717) is 5.92 Å². The molecule has 0 aromatic carbocycles. The summed E-state index contributed by atoms with van der Waals surface area (Å²) in [7, 11) is 0. The second-order valence-electron chi connectivity index (χ2n) is 4.37. The SMILES string of the molecule is CC(C)=C[C@H]1[C@@H](C(=O)Cl)C1(C)C. The summed E-state index contributed by atoms with van der Waals surface area (Å²) in [5, 5.41) is -0.192. The fourth-order valence-electron chi connectivity index (χ4n) is 1.78. The average Bonchev–Trinajstić information content (AvgIpc) is 2.32. The van der Waals surface area contributed by atoms with Crippen molar-refractivity contribution in [2.24, 2.45) is 17.3 Å². The number of carbonyl (C=O) groups excluding carboxylic acids is 1. The molecule has 2 heteroatoms. The van der Waals surface area contributed by atoms with Gasteiger partial charge in [0.15, 0.2) is 0 Å². The van der Waals surface area contributed by atoms with Crippen molar-refractivity contribution in [2.45, 2.75) is 27.7 Å². The lowest BCUT2D eigenvalue weighted by molar-refractivity contribution is -0.113. The molecule has 1 aliphatic carbocycles. The van der Waals surface area contributed by atoms with E-state index < -0.39 is 0 Å². The van der Waals surface area contributed by atoms with Gasteiger partial charge >= 0.3 is 0 Å². The highest BCUT2D eigenvalue weighted by molar-refractivity contribution is 6.64. The Labute approximate surface area is 78.8 Å². The third-order valence-corrected chi connectivity index (χ3v) is 2.90. The second kappa shape index (κ2) is 2.88. The van der Waals surface area contributed by atoms with Crippen LogP contribution in [0.5, 0.6) is 0 Å². The quantitative estimate of drug-likeness (QED) is 0.479. The minimum Gasteiger partial charge on any atom is -0.281 e. The van der Waals surface area contributed by atoms with Gasteiger partial charge in [-0.2, -0.15) is 0 Å². The highest BCUT2D eigenvalue weighted by Crippen LogP contribution is 2.60. The van der Waals surface area contributed by atoms with Crippen molar-refractivity contribution in [3.8, 4) is 0 Å². The molecule has 1 rings (SSSR count). The van der Waals surface area contributed by atoms with Gasteiger partial charge in [-0.15, -0.1) is 0 Å². The summed E-state index contributed by atoms with van der Waals surface area (Å²) in [6.45, 7) is 8.26. The number of hydrogen-bond acceptors (Lipinski definition) is 1. The van der Waals surface area contributed by atoms with Gasteiger partial charge in [-0.05, 0) is 36.8 Å². The van der Waals surface area contributed by atoms with Crippen molar-refractivity contribution in [1.82, 2.24) is 0 Å². The first-order chi connectivity index (χ1) is 5.37. The van der Waals surface area contributed by atoms with Gasteiger partial charge in [0.25, 0.3) is 0 Å². The summed E-state index contributed by atoms with van der Waals surface area (Å²) in [4.78, 5) is 10.9. The number of allylic oxidation sites excluding steroid dienone is 2. The lowest BCUT2D eigenvalue weighted by Gasteiger charge is -1.96. The first kappa shape index (κ1) is 9.79. The number of hydrogen-bond donors (Lipinski definition) is 0. The normalized spacial score (nSPS) is 31.1. The fourth-order valence-corrected chi connectivity index (χ4v) is 2.20. The molecule has 2 atom stereocenters. The van der Waals surface area contributed by atoms with Crippen LogP contribution in [-0.4, -0.2) is 5.24 Å². The van der Waals surface area contributed by atoms with Gasteiger partial charge in [-0.3, -0.25) is 4.79 Å². The van der Waals surface area contributed by atoms with Crippen LogP contribution in [0.4, 0.5) is 0 Å². The molecule has 68 valence electrons. The van der Waals surface area contributed by atoms with Gasteiger partial charge in [0.05, 0.1) is 0 Å². The van der Waals surface area contributed by atoms with Crippen LogP contribution >= 0.6 is 11.6 Å². The Morgan fingerprint density at radius 2 is 1.92 bits per heavy atom. The molecule has 0 spiro atoms. The Balaban J connectivity index is 2.73. The van der Waals surface area contributed by atoms with Crippen molar-refractivity contribution in [3.63, 3.8) is 0 Å². The maximum Gasteiger partial charge on any atom is 0.225 e. The van der Waals surface area contributed by atoms with E-state index in [0.717, 1.165) is 0 Å². The molecule has 0 unspecified atom stereocenters. The average molecular weight is 187 g/mol. The summed E-state index contributed by atoms with van der Waals surface area (Å²) in [5.74, 6) is 0.390. The van der Waals surface area contributed by atoms with Crippen molar-refractivity contribution in [3.05, 3.63) is 11.6 Å². The Morgan fingerprint density at radius 3 is 2.17 bits per heavy atom. The van der Waals surface area contributed by atoms with Crippen LogP contribution in [0.15, 0.2) is 11.6 Å². The summed E-state index contributed by atoms with van der Waals surface area (Å²) < 4.78 is 0. The molecule has 0 heterocycles. The molecule has 0 radical (unpaired) electrons. The first-order valence-electron chi connectivity index (χ1n) is 4.21. The van der Waals surface area contributed by atoms with E-state index in [4.69, 9.17) is 11.6 Å². The Morgan fingerprint density at radius 1 is 1.42 bits per heavy atom. The van der Waals surface area contributed by atoms with Crippen molar-refractivity contribution in [1.29, 1.82) is 0 Å². The zero-order valence-electron chi connectivity index (χ0n) is 8.02. The minimum atomic E-state index is -0.192. The van der Waals surface area contributed by atoms with Gasteiger partial charge < -0.3 is 0 Å². The van der Waals surface area contributed by atoms with Gasteiger partial charge in [0.1, 0.15) is 0 Å². The molecule has 1 nitrogen and oxygen atoms in total. The largest absolute Gasteiger partial charge is 0.281 e. The monoisotopic (exact) mass is 186 g/mol. The van der Waals surface area contributed by atoms with Crippen LogP contribution < -0.4 is 0 Å². The van der Waals surface area contributed by atoms with Gasteiger partial charge in [0.2, 0.25) is 5.24 Å². The predicted octanol–water partition coefficient (Wildman–Crippen LogP) is 2.99. The van der Waals surface area contributed by atoms with Gasteiger partial charge in [-0.1, -0.05) is 25.5 Å². The number of halogens is 1. The van der Waals surface area contributed by atoms with E-state index >= 15 is 0 Å². The van der Waals surface area contributed by atoms with E-state index in [1.807, 2.05) is 13.8 Å². The van der Waals surface area contributed by atoms with Crippen molar-refractivity contribution < 1.29 is 4.79 Å². The van der Waals surface area contributed by atoms with E-state index in [-0.39, 0.29) is 16.6 Å². The summed E-state index contributed by atoms with van der Waals surface area (Å²) in [6.07, 6.45) is 2.14. The van der Waals surface area contributed by atoms with Crippen LogP contribution in [0, 0.1) is 17.3 Å². The van der Waals surface area contributed by atoms with Crippen LogP contribution in [-0.2, 0) is 4.79 Å². The molecule has 12 heavy (non-hydrogen) atoms. The van der Waals surface area contributed by atoms with Crippen LogP contribution in [0.2, 0.25) is 0 Å². The molecule has 0 N–H and O–H groups in total. The molecular weight excluding hydrogens is 172 g/mol. The van der Waals surface area contributed by atoms with Gasteiger partial charge in [0, 0.05) is 5.92 Å². The number of carbonyl (C=O) groups is 1. The fraction of sp³-hybridized carbons (Fsp3) is 0.700. The summed E-state index contributed by atoms with van der Waals surface area (Å²) in [5.41, 5.74) is 1.34. The van der Waals surface area contributed by atoms with Gasteiger partial charge in [-0.25, -0.2) is 0 Å². The van der Waals surface area contributed by atoms with E-state index in [2.05, 4.69) is 19.9 Å². The van der Waals surface area contributed by atoms with Crippen LogP contribution in [0.25, 0.3) is 0 Å². The molecule has 0 aromatic heterocycles. The molecule has 0 bridgehead atoms. The smallest absolute Gasteiger partial charge is 0.225 e. The molecule has 1 saturated carbocycles. The number of rotatable bonds is 2. The molecular formula is C10H15ClO. The molecule has 0 aliphatic heterocycles. The second-order valence-corrected chi connectivity index (χ2v) is 4.75. The Kier molecular flexibility index (Phi) is 2.35. The molecule has 0 amide bonds. The maximum atomic E-state index is 10.9. The summed E-state index contributed by atoms with van der Waals surface area (Å²) in [6, 6.07) is 0.